The lowest BCUT2D eigenvalue weighted by Crippen LogP contribution is -2.13. The van der Waals surface area contributed by atoms with Gasteiger partial charge >= 0.3 is 0 Å². The highest BCUT2D eigenvalue weighted by Crippen LogP contribution is 2.31. The van der Waals surface area contributed by atoms with E-state index >= 15 is 0 Å². The molecule has 0 amide bonds. The summed E-state index contributed by atoms with van der Waals surface area (Å²) in [6.07, 6.45) is 18.9. The van der Waals surface area contributed by atoms with Gasteiger partial charge in [-0.3, -0.25) is 0 Å². The standard InChI is InChI=1S/C32H44/c1-3-5-7-8-10-12-28-19-23-31(24-20-28)32-25-21-30(22-26-32)18-17-29-15-13-27(14-16-29)11-9-6-4-2/h19-27,29H,3-16H2,1-2H3/t27-,29-. The van der Waals surface area contributed by atoms with Crippen LogP contribution in [0.1, 0.15) is 108 Å². The van der Waals surface area contributed by atoms with Crippen molar-refractivity contribution in [1.82, 2.24) is 0 Å². The lowest BCUT2D eigenvalue weighted by molar-refractivity contribution is 0.294. The first-order valence-corrected chi connectivity index (χ1v) is 13.5. The molecule has 0 nitrogen and oxygen atoms in total. The number of unbranched alkanes of at least 4 members (excludes halogenated alkanes) is 6. The summed E-state index contributed by atoms with van der Waals surface area (Å²) < 4.78 is 0. The van der Waals surface area contributed by atoms with E-state index in [9.17, 15) is 0 Å². The van der Waals surface area contributed by atoms with Crippen molar-refractivity contribution in [3.63, 3.8) is 0 Å². The van der Waals surface area contributed by atoms with Crippen molar-refractivity contribution in [2.24, 2.45) is 11.8 Å². The molecule has 0 heteroatoms. The third-order valence-electron chi connectivity index (χ3n) is 7.22. The first-order chi connectivity index (χ1) is 15.8. The highest BCUT2D eigenvalue weighted by atomic mass is 14.2. The fraction of sp³-hybridized carbons (Fsp3) is 0.562. The van der Waals surface area contributed by atoms with Crippen LogP contribution in [0.15, 0.2) is 48.5 Å². The van der Waals surface area contributed by atoms with Gasteiger partial charge in [0.15, 0.2) is 0 Å². The molecule has 0 N–H and O–H groups in total. The largest absolute Gasteiger partial charge is 0.0945 e. The van der Waals surface area contributed by atoms with Gasteiger partial charge in [0.25, 0.3) is 0 Å². The monoisotopic (exact) mass is 428 g/mol. The van der Waals surface area contributed by atoms with Crippen LogP contribution in [0.2, 0.25) is 0 Å². The molecular weight excluding hydrogens is 384 g/mol. The number of hydrogen-bond donors (Lipinski definition) is 0. The number of rotatable bonds is 11. The van der Waals surface area contributed by atoms with Gasteiger partial charge in [-0.2, -0.15) is 0 Å². The summed E-state index contributed by atoms with van der Waals surface area (Å²) in [6, 6.07) is 18.0. The SMILES string of the molecule is CCCCCCCc1ccc(-c2ccc(C#C[C@H]3CC[C@H](CCCCC)CC3)cc2)cc1. The van der Waals surface area contributed by atoms with Gasteiger partial charge in [0, 0.05) is 11.5 Å². The van der Waals surface area contributed by atoms with E-state index in [1.165, 1.54) is 107 Å². The predicted octanol–water partition coefficient (Wildman–Crippen LogP) is 9.60. The molecule has 32 heavy (non-hydrogen) atoms. The number of aryl methyl sites for hydroxylation is 1. The van der Waals surface area contributed by atoms with Crippen molar-refractivity contribution >= 4 is 0 Å². The molecule has 1 fully saturated rings. The Kier molecular flexibility index (Phi) is 10.9. The van der Waals surface area contributed by atoms with Crippen LogP contribution in [0.3, 0.4) is 0 Å². The molecule has 0 heterocycles. The lowest BCUT2D eigenvalue weighted by Gasteiger charge is -2.25. The first kappa shape index (κ1) is 24.6. The van der Waals surface area contributed by atoms with Gasteiger partial charge in [0.2, 0.25) is 0 Å². The Hall–Kier alpha value is -2.00. The van der Waals surface area contributed by atoms with Crippen LogP contribution < -0.4 is 0 Å². The van der Waals surface area contributed by atoms with Crippen LogP contribution in [-0.4, -0.2) is 0 Å². The average molecular weight is 429 g/mol. The van der Waals surface area contributed by atoms with Crippen LogP contribution in [0, 0.1) is 23.7 Å². The zero-order valence-electron chi connectivity index (χ0n) is 20.7. The summed E-state index contributed by atoms with van der Waals surface area (Å²) >= 11 is 0. The van der Waals surface area contributed by atoms with Gasteiger partial charge in [0.05, 0.1) is 0 Å². The minimum Gasteiger partial charge on any atom is -0.0945 e. The fourth-order valence-corrected chi connectivity index (χ4v) is 5.01. The number of hydrogen-bond acceptors (Lipinski definition) is 0. The maximum atomic E-state index is 3.57. The zero-order valence-corrected chi connectivity index (χ0v) is 20.7. The molecule has 1 aliphatic rings. The van der Waals surface area contributed by atoms with Gasteiger partial charge in [-0.25, -0.2) is 0 Å². The van der Waals surface area contributed by atoms with Gasteiger partial charge in [-0.05, 0) is 73.3 Å². The molecule has 0 unspecified atom stereocenters. The minimum absolute atomic E-state index is 0.603. The van der Waals surface area contributed by atoms with E-state index in [0.717, 1.165) is 11.5 Å². The normalized spacial score (nSPS) is 18.2. The molecule has 0 saturated heterocycles. The average Bonchev–Trinajstić information content (AvgIpc) is 2.84. The highest BCUT2D eigenvalue weighted by molar-refractivity contribution is 5.64. The second-order valence-corrected chi connectivity index (χ2v) is 9.92. The summed E-state index contributed by atoms with van der Waals surface area (Å²) in [5.74, 6) is 8.60. The fourth-order valence-electron chi connectivity index (χ4n) is 5.01. The molecule has 1 saturated carbocycles. The Morgan fingerprint density at radius 2 is 1.25 bits per heavy atom. The molecule has 3 rings (SSSR count). The van der Waals surface area contributed by atoms with Crippen LogP contribution in [0.5, 0.6) is 0 Å². The molecular formula is C32H44. The number of benzene rings is 2. The summed E-state index contributed by atoms with van der Waals surface area (Å²) in [6.45, 7) is 4.57. The molecule has 172 valence electrons. The van der Waals surface area contributed by atoms with Crippen molar-refractivity contribution in [2.75, 3.05) is 0 Å². The third-order valence-corrected chi connectivity index (χ3v) is 7.22. The minimum atomic E-state index is 0.603. The quantitative estimate of drug-likeness (QED) is 0.247. The van der Waals surface area contributed by atoms with Crippen LogP contribution in [-0.2, 0) is 6.42 Å². The van der Waals surface area contributed by atoms with E-state index in [4.69, 9.17) is 0 Å². The Labute approximate surface area is 198 Å². The smallest absolute Gasteiger partial charge is 0.0245 e. The molecule has 0 bridgehead atoms. The van der Waals surface area contributed by atoms with Crippen LogP contribution >= 0.6 is 0 Å². The second-order valence-electron chi connectivity index (χ2n) is 9.92. The molecule has 0 atom stereocenters. The van der Waals surface area contributed by atoms with Gasteiger partial charge in [-0.15, -0.1) is 0 Å². The van der Waals surface area contributed by atoms with Crippen molar-refractivity contribution in [3.8, 4) is 23.0 Å². The van der Waals surface area contributed by atoms with Crippen molar-refractivity contribution in [1.29, 1.82) is 0 Å². The maximum absolute atomic E-state index is 3.57. The molecule has 0 radical (unpaired) electrons. The molecule has 1 aliphatic carbocycles. The maximum Gasteiger partial charge on any atom is 0.0245 e. The van der Waals surface area contributed by atoms with E-state index in [1.54, 1.807) is 0 Å². The lowest BCUT2D eigenvalue weighted by atomic mass is 9.80. The zero-order chi connectivity index (χ0) is 22.4. The Balaban J connectivity index is 1.44. The Bertz CT molecular complexity index is 807. The van der Waals surface area contributed by atoms with E-state index in [0.29, 0.717) is 5.92 Å². The Morgan fingerprint density at radius 3 is 1.91 bits per heavy atom. The van der Waals surface area contributed by atoms with Crippen molar-refractivity contribution < 1.29 is 0 Å². The van der Waals surface area contributed by atoms with Crippen LogP contribution in [0.25, 0.3) is 11.1 Å². The van der Waals surface area contributed by atoms with Crippen molar-refractivity contribution in [3.05, 3.63) is 59.7 Å². The van der Waals surface area contributed by atoms with E-state index in [1.807, 2.05) is 0 Å². The molecule has 2 aromatic carbocycles. The predicted molar refractivity (Wildman–Crippen MR) is 141 cm³/mol. The second kappa shape index (κ2) is 14.2. The van der Waals surface area contributed by atoms with E-state index < -0.39 is 0 Å². The van der Waals surface area contributed by atoms with Crippen LogP contribution in [0.4, 0.5) is 0 Å². The summed E-state index contributed by atoms with van der Waals surface area (Å²) in [4.78, 5) is 0. The summed E-state index contributed by atoms with van der Waals surface area (Å²) in [5, 5.41) is 0. The van der Waals surface area contributed by atoms with E-state index in [-0.39, 0.29) is 0 Å². The van der Waals surface area contributed by atoms with Crippen molar-refractivity contribution in [2.45, 2.75) is 104 Å². The third kappa shape index (κ3) is 8.50. The topological polar surface area (TPSA) is 0 Å². The molecule has 0 spiro atoms. The molecule has 2 aromatic rings. The summed E-state index contributed by atoms with van der Waals surface area (Å²) in [7, 11) is 0. The van der Waals surface area contributed by atoms with E-state index in [2.05, 4.69) is 74.2 Å². The van der Waals surface area contributed by atoms with Gasteiger partial charge in [0.1, 0.15) is 0 Å². The highest BCUT2D eigenvalue weighted by Gasteiger charge is 2.19. The first-order valence-electron chi connectivity index (χ1n) is 13.5. The molecule has 0 aromatic heterocycles. The van der Waals surface area contributed by atoms with Gasteiger partial charge in [-0.1, -0.05) is 113 Å². The molecule has 0 aliphatic heterocycles. The van der Waals surface area contributed by atoms with Gasteiger partial charge < -0.3 is 0 Å². The summed E-state index contributed by atoms with van der Waals surface area (Å²) in [5.41, 5.74) is 5.22. The Morgan fingerprint density at radius 1 is 0.656 bits per heavy atom.